The molecule has 0 atom stereocenters. The molecule has 0 spiro atoms. The molecule has 0 aliphatic heterocycles. The van der Waals surface area contributed by atoms with E-state index in [1.54, 1.807) is 0 Å². The summed E-state index contributed by atoms with van der Waals surface area (Å²) in [6.45, 7) is 4.57. The molecular weight excluding hydrogens is 380 g/mol. The Labute approximate surface area is 260 Å². The number of hydrogen-bond acceptors (Lipinski definition) is 0. The zero-order valence-corrected chi connectivity index (χ0v) is 29.6. The van der Waals surface area contributed by atoms with Crippen LogP contribution in [0, 0.1) is 0 Å². The van der Waals surface area contributed by atoms with E-state index < -0.39 is 0 Å². The summed E-state index contributed by atoms with van der Waals surface area (Å²) >= 11 is 2.82. The smallest absolute Gasteiger partial charge is 0 e. The SMILES string of the molecule is CCCCCCCCCCC[CH2][Na].CCCCCCCCCCC[CH2][Na].[Na].[Na]. The fraction of sp³-hybridized carbons (Fsp3) is 1.00. The molecule has 0 aromatic rings. The summed E-state index contributed by atoms with van der Waals surface area (Å²) in [5.41, 5.74) is 0. The molecule has 0 aromatic carbocycles. The largest absolute Gasteiger partial charge is 0 e. The Bertz CT molecular complexity index is 171. The Hall–Kier alpha value is 4.00. The molecule has 0 rings (SSSR count). The third-order valence-corrected chi connectivity index (χ3v) is 6.83. The molecule has 0 heterocycles. The van der Waals surface area contributed by atoms with E-state index in [1.807, 2.05) is 0 Å². The Balaban J connectivity index is -0.000000192. The fourth-order valence-corrected chi connectivity index (χ4v) is 4.47. The van der Waals surface area contributed by atoms with Gasteiger partial charge in [-0.3, -0.25) is 0 Å². The van der Waals surface area contributed by atoms with E-state index in [2.05, 4.69) is 13.8 Å². The van der Waals surface area contributed by atoms with Crippen molar-refractivity contribution in [3.63, 3.8) is 0 Å². The van der Waals surface area contributed by atoms with Crippen LogP contribution in [0.3, 0.4) is 0 Å². The van der Waals surface area contributed by atoms with E-state index in [1.165, 1.54) is 192 Å². The van der Waals surface area contributed by atoms with E-state index in [0.717, 1.165) is 0 Å². The van der Waals surface area contributed by atoms with Gasteiger partial charge in [0.2, 0.25) is 0 Å². The van der Waals surface area contributed by atoms with E-state index in [9.17, 15) is 0 Å². The molecule has 0 N–H and O–H groups in total. The second-order valence-corrected chi connectivity index (χ2v) is 10.4. The van der Waals surface area contributed by atoms with Gasteiger partial charge < -0.3 is 0 Å². The predicted octanol–water partition coefficient (Wildman–Crippen LogP) is 8.23. The van der Waals surface area contributed by atoms with Crippen molar-refractivity contribution in [1.82, 2.24) is 0 Å². The molecule has 0 saturated heterocycles. The Kier molecular flexibility index (Phi) is 57.8. The molecule has 0 saturated carbocycles. The van der Waals surface area contributed by atoms with Gasteiger partial charge in [0, 0.05) is 59.1 Å². The van der Waals surface area contributed by atoms with Gasteiger partial charge in [-0.1, -0.05) is 0 Å². The molecule has 0 amide bonds. The zero-order valence-electron chi connectivity index (χ0n) is 21.6. The van der Waals surface area contributed by atoms with Gasteiger partial charge in [-0.15, -0.1) is 0 Å². The topological polar surface area (TPSA) is 0 Å². The van der Waals surface area contributed by atoms with Crippen LogP contribution in [0.25, 0.3) is 0 Å². The van der Waals surface area contributed by atoms with E-state index in [0.29, 0.717) is 0 Å². The van der Waals surface area contributed by atoms with Gasteiger partial charge in [0.1, 0.15) is 0 Å². The monoisotopic (exact) mass is 430 g/mol. The van der Waals surface area contributed by atoms with Crippen LogP contribution in [0.1, 0.15) is 142 Å². The Morgan fingerprint density at radius 3 is 0.679 bits per heavy atom. The Morgan fingerprint density at radius 1 is 0.321 bits per heavy atom. The van der Waals surface area contributed by atoms with Gasteiger partial charge in [0.05, 0.1) is 0 Å². The summed E-state index contributed by atoms with van der Waals surface area (Å²) < 4.78 is 3.02. The molecule has 0 aromatic heterocycles. The van der Waals surface area contributed by atoms with Gasteiger partial charge >= 0.3 is 205 Å². The van der Waals surface area contributed by atoms with Crippen LogP contribution in [0.2, 0.25) is 7.34 Å². The standard InChI is InChI=1S/2C12H25.4Na/c2*1-3-5-7-9-11-12-10-8-6-4-2;;;;/h2*1,3-12H2,2H3;;;;. The van der Waals surface area contributed by atoms with E-state index >= 15 is 0 Å². The van der Waals surface area contributed by atoms with Crippen molar-refractivity contribution < 1.29 is 0 Å². The maximum Gasteiger partial charge on any atom is 0 e. The maximum absolute atomic E-state index is 2.29. The first-order chi connectivity index (χ1) is 12.8. The predicted molar refractivity (Wildman–Crippen MR) is 136 cm³/mol. The molecular formula is C24H50Na4. The quantitative estimate of drug-likeness (QED) is 0.135. The molecule has 28 heavy (non-hydrogen) atoms. The van der Waals surface area contributed by atoms with Gasteiger partial charge in [0.15, 0.2) is 0 Å². The molecule has 0 unspecified atom stereocenters. The first-order valence-corrected chi connectivity index (χ1v) is 15.7. The van der Waals surface area contributed by atoms with Crippen molar-refractivity contribution in [2.75, 3.05) is 0 Å². The van der Waals surface area contributed by atoms with Gasteiger partial charge in [0.25, 0.3) is 0 Å². The van der Waals surface area contributed by atoms with Gasteiger partial charge in [-0.2, -0.15) is 0 Å². The second kappa shape index (κ2) is 41.3. The van der Waals surface area contributed by atoms with Crippen LogP contribution < -0.4 is 0 Å². The summed E-state index contributed by atoms with van der Waals surface area (Å²) in [6, 6.07) is 0. The van der Waals surface area contributed by atoms with Crippen LogP contribution in [0.4, 0.5) is 0 Å². The molecule has 0 bridgehead atoms. The third-order valence-electron chi connectivity index (χ3n) is 5.41. The number of unbranched alkanes of at least 4 members (excludes halogenated alkanes) is 18. The van der Waals surface area contributed by atoms with Crippen molar-refractivity contribution >= 4 is 115 Å². The van der Waals surface area contributed by atoms with Crippen LogP contribution in [0.15, 0.2) is 0 Å². The molecule has 0 aliphatic carbocycles. The van der Waals surface area contributed by atoms with Gasteiger partial charge in [-0.05, 0) is 0 Å². The zero-order chi connectivity index (χ0) is 19.6. The van der Waals surface area contributed by atoms with Crippen LogP contribution >= 0.6 is 0 Å². The fourth-order valence-electron chi connectivity index (χ4n) is 3.47. The molecule has 0 nitrogen and oxygen atoms in total. The van der Waals surface area contributed by atoms with Crippen LogP contribution in [0.5, 0.6) is 0 Å². The average molecular weight is 431 g/mol. The molecule has 4 heteroatoms. The number of rotatable bonds is 20. The van der Waals surface area contributed by atoms with Crippen molar-refractivity contribution in [2.45, 2.75) is 150 Å². The summed E-state index contributed by atoms with van der Waals surface area (Å²) in [7, 11) is 0. The summed E-state index contributed by atoms with van der Waals surface area (Å²) in [6.07, 6.45) is 29.5. The van der Waals surface area contributed by atoms with E-state index in [4.69, 9.17) is 0 Å². The minimum Gasteiger partial charge on any atom is 0 e. The number of hydrogen-bond donors (Lipinski definition) is 0. The molecule has 2 radical (unpaired) electrons. The van der Waals surface area contributed by atoms with Crippen molar-refractivity contribution in [3.05, 3.63) is 0 Å². The van der Waals surface area contributed by atoms with Crippen molar-refractivity contribution in [1.29, 1.82) is 0 Å². The minimum atomic E-state index is 0. The van der Waals surface area contributed by atoms with Crippen molar-refractivity contribution in [3.8, 4) is 0 Å². The Morgan fingerprint density at radius 2 is 0.500 bits per heavy atom. The van der Waals surface area contributed by atoms with Gasteiger partial charge in [-0.25, -0.2) is 0 Å². The molecule has 0 fully saturated rings. The summed E-state index contributed by atoms with van der Waals surface area (Å²) in [5, 5.41) is 0. The van der Waals surface area contributed by atoms with Crippen molar-refractivity contribution in [2.24, 2.45) is 0 Å². The van der Waals surface area contributed by atoms with E-state index in [-0.39, 0.29) is 59.1 Å². The normalized spacial score (nSPS) is 9.93. The average Bonchev–Trinajstić information content (AvgIpc) is 2.66. The summed E-state index contributed by atoms with van der Waals surface area (Å²) in [4.78, 5) is 0. The minimum absolute atomic E-state index is 0. The first kappa shape index (κ1) is 39.2. The maximum atomic E-state index is 2.29. The summed E-state index contributed by atoms with van der Waals surface area (Å²) in [5.74, 6) is 0. The van der Waals surface area contributed by atoms with Crippen LogP contribution in [-0.2, 0) is 0 Å². The molecule has 150 valence electrons. The van der Waals surface area contributed by atoms with Crippen LogP contribution in [-0.4, -0.2) is 115 Å². The first-order valence-electron chi connectivity index (χ1n) is 12.8. The second-order valence-electron chi connectivity index (χ2n) is 8.36. The molecule has 0 aliphatic rings. The third kappa shape index (κ3) is 43.8.